The number of nitrogens with zero attached hydrogens (tertiary/aromatic N) is 3. The van der Waals surface area contributed by atoms with E-state index < -0.39 is 0 Å². The summed E-state index contributed by atoms with van der Waals surface area (Å²) in [6, 6.07) is 50.2. The molecule has 0 aliphatic carbocycles. The van der Waals surface area contributed by atoms with Crippen molar-refractivity contribution in [3.8, 4) is 11.4 Å². The average molecular weight is 606 g/mol. The number of hydrogen-bond acceptors (Lipinski definition) is 2. The number of para-hydroxylation sites is 2. The van der Waals surface area contributed by atoms with E-state index in [-0.39, 0.29) is 6.17 Å². The van der Waals surface area contributed by atoms with Crippen molar-refractivity contribution in [1.29, 1.82) is 0 Å². The van der Waals surface area contributed by atoms with Gasteiger partial charge in [-0.15, -0.1) is 0 Å². The molecule has 0 radical (unpaired) electrons. The number of fused-ring (bicyclic) bond motifs is 9. The molecule has 5 nitrogen and oxygen atoms in total. The summed E-state index contributed by atoms with van der Waals surface area (Å²) in [7, 11) is 0. The highest BCUT2D eigenvalue weighted by Crippen LogP contribution is 2.39. The lowest BCUT2D eigenvalue weighted by atomic mass is 10.0. The van der Waals surface area contributed by atoms with Crippen LogP contribution in [0.25, 0.3) is 71.5 Å². The molecule has 5 heteroatoms. The molecule has 0 spiro atoms. The summed E-state index contributed by atoms with van der Waals surface area (Å²) in [6.07, 6.45) is 6.69. The Bertz CT molecular complexity index is 2600. The van der Waals surface area contributed by atoms with Crippen molar-refractivity contribution in [3.05, 3.63) is 164 Å². The Morgan fingerprint density at radius 2 is 1.02 bits per heavy atom. The minimum absolute atomic E-state index is 0.0907. The molecule has 3 aromatic heterocycles. The summed E-state index contributed by atoms with van der Waals surface area (Å²) < 4.78 is 7.07. The van der Waals surface area contributed by atoms with Gasteiger partial charge in [0, 0.05) is 63.4 Å². The summed E-state index contributed by atoms with van der Waals surface area (Å²) in [5, 5.41) is 14.8. The summed E-state index contributed by atoms with van der Waals surface area (Å²) in [5.74, 6) is 0. The number of rotatable bonds is 4. The standard InChI is InChI=1S/C42H31N5/c1-2-10-28(11-3-1)42-43-26-31(27-44-42)46-25-23-37-40(46)35-15-5-4-12-32(35)36-22-24-45(41(36)37)29-18-20-30(21-19-29)47-38-16-8-6-13-33(38)34-14-7-9-17-39(34)47/h1-26,42-44H,27H2. The fourth-order valence-electron chi connectivity index (χ4n) is 7.68. The minimum atomic E-state index is 0.0907. The fraction of sp³-hybridized carbons (Fsp3) is 0.0476. The summed E-state index contributed by atoms with van der Waals surface area (Å²) >= 11 is 0. The maximum Gasteiger partial charge on any atom is 0.103 e. The molecule has 6 aromatic carbocycles. The van der Waals surface area contributed by atoms with Gasteiger partial charge in [-0.25, -0.2) is 0 Å². The van der Waals surface area contributed by atoms with Crippen LogP contribution >= 0.6 is 0 Å². The number of nitrogens with one attached hydrogen (secondary N) is 2. The normalized spacial score (nSPS) is 15.1. The van der Waals surface area contributed by atoms with Gasteiger partial charge in [0.1, 0.15) is 6.17 Å². The van der Waals surface area contributed by atoms with Gasteiger partial charge in [-0.2, -0.15) is 0 Å². The number of benzene rings is 6. The molecule has 1 aliphatic rings. The van der Waals surface area contributed by atoms with Crippen LogP contribution in [0.5, 0.6) is 0 Å². The van der Waals surface area contributed by atoms with Gasteiger partial charge in [-0.3, -0.25) is 5.32 Å². The Balaban J connectivity index is 1.11. The third kappa shape index (κ3) is 3.94. The second-order valence-corrected chi connectivity index (χ2v) is 12.4. The Morgan fingerprint density at radius 3 is 1.72 bits per heavy atom. The van der Waals surface area contributed by atoms with Crippen LogP contribution < -0.4 is 10.6 Å². The van der Waals surface area contributed by atoms with Gasteiger partial charge in [0.15, 0.2) is 0 Å². The molecule has 0 saturated heterocycles. The van der Waals surface area contributed by atoms with Gasteiger partial charge < -0.3 is 19.0 Å². The van der Waals surface area contributed by atoms with Crippen LogP contribution in [-0.2, 0) is 0 Å². The first-order valence-corrected chi connectivity index (χ1v) is 16.2. The lowest BCUT2D eigenvalue weighted by Crippen LogP contribution is -2.37. The smallest absolute Gasteiger partial charge is 0.103 e. The molecule has 1 aliphatic heterocycles. The van der Waals surface area contributed by atoms with E-state index in [1.165, 1.54) is 65.6 Å². The molecule has 10 rings (SSSR count). The highest BCUT2D eigenvalue weighted by atomic mass is 15.2. The molecule has 47 heavy (non-hydrogen) atoms. The maximum atomic E-state index is 3.69. The molecule has 1 atom stereocenters. The van der Waals surface area contributed by atoms with E-state index in [0.717, 1.165) is 17.9 Å². The van der Waals surface area contributed by atoms with Crippen molar-refractivity contribution in [2.75, 3.05) is 6.54 Å². The van der Waals surface area contributed by atoms with Crippen LogP contribution in [0.3, 0.4) is 0 Å². The van der Waals surface area contributed by atoms with E-state index in [0.29, 0.717) is 0 Å². The van der Waals surface area contributed by atoms with E-state index >= 15 is 0 Å². The van der Waals surface area contributed by atoms with Crippen LogP contribution in [0.1, 0.15) is 11.7 Å². The Morgan fingerprint density at radius 1 is 0.468 bits per heavy atom. The molecule has 1 unspecified atom stereocenters. The van der Waals surface area contributed by atoms with Gasteiger partial charge in [0.25, 0.3) is 0 Å². The molecule has 9 aromatic rings. The third-order valence-electron chi connectivity index (χ3n) is 9.81. The van der Waals surface area contributed by atoms with Gasteiger partial charge in [0.05, 0.1) is 27.8 Å². The van der Waals surface area contributed by atoms with Crippen LogP contribution in [0.4, 0.5) is 0 Å². The first-order valence-electron chi connectivity index (χ1n) is 16.2. The van der Waals surface area contributed by atoms with Gasteiger partial charge in [-0.1, -0.05) is 91.0 Å². The highest BCUT2D eigenvalue weighted by Gasteiger charge is 2.20. The summed E-state index contributed by atoms with van der Waals surface area (Å²) in [6.45, 7) is 0.758. The Kier molecular flexibility index (Phi) is 5.71. The van der Waals surface area contributed by atoms with Crippen molar-refractivity contribution in [1.82, 2.24) is 24.3 Å². The van der Waals surface area contributed by atoms with Crippen molar-refractivity contribution in [3.63, 3.8) is 0 Å². The van der Waals surface area contributed by atoms with Gasteiger partial charge >= 0.3 is 0 Å². The van der Waals surface area contributed by atoms with Crippen LogP contribution in [0.15, 0.2) is 158 Å². The molecule has 224 valence electrons. The van der Waals surface area contributed by atoms with Gasteiger partial charge in [0.2, 0.25) is 0 Å². The number of aromatic nitrogens is 3. The molecule has 0 amide bonds. The largest absolute Gasteiger partial charge is 0.371 e. The maximum absolute atomic E-state index is 3.69. The molecular weight excluding hydrogens is 574 g/mol. The molecule has 0 bridgehead atoms. The molecule has 2 N–H and O–H groups in total. The first-order chi connectivity index (χ1) is 23.3. The second kappa shape index (κ2) is 10.2. The van der Waals surface area contributed by atoms with Crippen molar-refractivity contribution in [2.45, 2.75) is 6.17 Å². The minimum Gasteiger partial charge on any atom is -0.371 e. The quantitative estimate of drug-likeness (QED) is 0.210. The molecular formula is C42H31N5. The van der Waals surface area contributed by atoms with Crippen molar-refractivity contribution >= 4 is 60.1 Å². The zero-order chi connectivity index (χ0) is 30.9. The first kappa shape index (κ1) is 26.2. The zero-order valence-electron chi connectivity index (χ0n) is 25.6. The summed E-state index contributed by atoms with van der Waals surface area (Å²) in [5.41, 5.74) is 9.60. The molecule has 4 heterocycles. The summed E-state index contributed by atoms with van der Waals surface area (Å²) in [4.78, 5) is 0. The second-order valence-electron chi connectivity index (χ2n) is 12.4. The lowest BCUT2D eigenvalue weighted by Gasteiger charge is -2.27. The predicted octanol–water partition coefficient (Wildman–Crippen LogP) is 9.53. The van der Waals surface area contributed by atoms with Crippen molar-refractivity contribution in [2.24, 2.45) is 0 Å². The molecule has 0 saturated carbocycles. The van der Waals surface area contributed by atoms with E-state index in [4.69, 9.17) is 0 Å². The molecule has 0 fully saturated rings. The SMILES string of the molecule is C1=C(n2ccc3c2c2ccccc2c2ccn(-c4ccc(-n5c6ccccc6c6ccccc65)cc4)c23)CNC(c2ccccc2)N1. The number of hydrogen-bond donors (Lipinski definition) is 2. The van der Waals surface area contributed by atoms with E-state index in [1.54, 1.807) is 0 Å². The highest BCUT2D eigenvalue weighted by molar-refractivity contribution is 6.24. The van der Waals surface area contributed by atoms with Crippen LogP contribution in [0, 0.1) is 0 Å². The third-order valence-corrected chi connectivity index (χ3v) is 9.81. The van der Waals surface area contributed by atoms with Crippen molar-refractivity contribution < 1.29 is 0 Å². The van der Waals surface area contributed by atoms with Crippen LogP contribution in [-0.4, -0.2) is 20.2 Å². The van der Waals surface area contributed by atoms with E-state index in [1.807, 2.05) is 0 Å². The zero-order valence-corrected chi connectivity index (χ0v) is 25.6. The lowest BCUT2D eigenvalue weighted by molar-refractivity contribution is 0.498. The van der Waals surface area contributed by atoms with E-state index in [2.05, 4.69) is 182 Å². The van der Waals surface area contributed by atoms with Crippen LogP contribution in [0.2, 0.25) is 0 Å². The average Bonchev–Trinajstić information content (AvgIpc) is 3.87. The fourth-order valence-corrected chi connectivity index (χ4v) is 7.68. The van der Waals surface area contributed by atoms with Gasteiger partial charge in [-0.05, 0) is 59.5 Å². The monoisotopic (exact) mass is 605 g/mol. The topological polar surface area (TPSA) is 38.9 Å². The Hall–Kier alpha value is -6.04. The van der Waals surface area contributed by atoms with E-state index in [9.17, 15) is 0 Å². The predicted molar refractivity (Wildman–Crippen MR) is 195 cm³/mol. The Labute approximate surface area is 271 Å².